The number of amides is 3. The Balaban J connectivity index is 1.95. The number of rotatable bonds is 3. The van der Waals surface area contributed by atoms with Gasteiger partial charge in [0.2, 0.25) is 0 Å². The van der Waals surface area contributed by atoms with Gasteiger partial charge in [0.25, 0.3) is 5.91 Å². The summed E-state index contributed by atoms with van der Waals surface area (Å²) in [6, 6.07) is 3.80. The molecule has 1 fully saturated rings. The Bertz CT molecular complexity index is 560. The molecule has 120 valence electrons. The van der Waals surface area contributed by atoms with Crippen molar-refractivity contribution in [1.29, 1.82) is 0 Å². The van der Waals surface area contributed by atoms with E-state index in [1.54, 1.807) is 9.80 Å². The van der Waals surface area contributed by atoms with Crippen LogP contribution in [0.2, 0.25) is 5.02 Å². The second-order valence-corrected chi connectivity index (χ2v) is 5.57. The van der Waals surface area contributed by atoms with Crippen LogP contribution in [0.1, 0.15) is 23.7 Å². The number of carbonyl (C=O) groups excluding carboxylic acids is 2. The minimum Gasteiger partial charge on any atom is -0.338 e. The highest BCUT2D eigenvalue weighted by molar-refractivity contribution is 6.31. The molecule has 1 aliphatic rings. The predicted molar refractivity (Wildman–Crippen MR) is 82.6 cm³/mol. The number of carbonyl (C=O) groups is 2. The molecule has 0 bridgehead atoms. The van der Waals surface area contributed by atoms with Crippen molar-refractivity contribution in [2.45, 2.75) is 13.3 Å². The first-order chi connectivity index (χ1) is 10.5. The van der Waals surface area contributed by atoms with Crippen LogP contribution in [0.25, 0.3) is 0 Å². The van der Waals surface area contributed by atoms with Crippen molar-refractivity contribution >= 4 is 23.5 Å². The van der Waals surface area contributed by atoms with Crippen molar-refractivity contribution in [3.63, 3.8) is 0 Å². The second kappa shape index (κ2) is 7.45. The van der Waals surface area contributed by atoms with E-state index < -0.39 is 11.7 Å². The highest BCUT2D eigenvalue weighted by Gasteiger charge is 2.26. The lowest BCUT2D eigenvalue weighted by Gasteiger charge is -2.34. The zero-order valence-electron chi connectivity index (χ0n) is 12.4. The van der Waals surface area contributed by atoms with Gasteiger partial charge in [0.05, 0.1) is 5.56 Å². The molecule has 0 radical (unpaired) electrons. The van der Waals surface area contributed by atoms with Gasteiger partial charge in [-0.05, 0) is 24.6 Å². The van der Waals surface area contributed by atoms with Crippen LogP contribution >= 0.6 is 11.6 Å². The Hall–Kier alpha value is -1.82. The van der Waals surface area contributed by atoms with Crippen molar-refractivity contribution in [3.8, 4) is 0 Å². The number of nitrogens with one attached hydrogen (secondary N) is 1. The van der Waals surface area contributed by atoms with E-state index in [1.165, 1.54) is 18.2 Å². The summed E-state index contributed by atoms with van der Waals surface area (Å²) in [6.07, 6.45) is 0.873. The highest BCUT2D eigenvalue weighted by atomic mass is 35.5. The second-order valence-electron chi connectivity index (χ2n) is 5.14. The van der Waals surface area contributed by atoms with Gasteiger partial charge in [0.1, 0.15) is 5.82 Å². The number of nitrogens with zero attached hydrogens (tertiary/aromatic N) is 2. The zero-order chi connectivity index (χ0) is 16.1. The quantitative estimate of drug-likeness (QED) is 0.926. The van der Waals surface area contributed by atoms with Crippen LogP contribution in [0.15, 0.2) is 18.2 Å². The first kappa shape index (κ1) is 16.5. The van der Waals surface area contributed by atoms with Crippen LogP contribution in [-0.4, -0.2) is 54.5 Å². The van der Waals surface area contributed by atoms with Crippen LogP contribution in [0.4, 0.5) is 9.18 Å². The van der Waals surface area contributed by atoms with Gasteiger partial charge in [0.15, 0.2) is 0 Å². The van der Waals surface area contributed by atoms with Crippen molar-refractivity contribution in [2.75, 3.05) is 32.7 Å². The third kappa shape index (κ3) is 3.88. The molecule has 3 amide bonds. The van der Waals surface area contributed by atoms with Gasteiger partial charge in [-0.15, -0.1) is 0 Å². The molecule has 0 atom stereocenters. The Kier molecular flexibility index (Phi) is 5.60. The summed E-state index contributed by atoms with van der Waals surface area (Å²) < 4.78 is 13.7. The van der Waals surface area contributed by atoms with Crippen LogP contribution in [0, 0.1) is 5.82 Å². The first-order valence-corrected chi connectivity index (χ1v) is 7.67. The minimum absolute atomic E-state index is 0.0311. The maximum absolute atomic E-state index is 13.7. The molecule has 2 rings (SSSR count). The molecule has 7 heteroatoms. The summed E-state index contributed by atoms with van der Waals surface area (Å²) in [5, 5.41) is 3.12. The summed E-state index contributed by atoms with van der Waals surface area (Å²) in [4.78, 5) is 27.4. The average molecular weight is 328 g/mol. The zero-order valence-corrected chi connectivity index (χ0v) is 13.2. The lowest BCUT2D eigenvalue weighted by molar-refractivity contribution is 0.0660. The standard InChI is InChI=1S/C15H19ClFN3O2/c1-2-5-18-15(22)20-8-6-19(7-9-20)14(21)12-10-11(16)3-4-13(12)17/h3-4,10H,2,5-9H2,1H3,(H,18,22). The maximum Gasteiger partial charge on any atom is 0.317 e. The molecule has 0 aromatic heterocycles. The van der Waals surface area contributed by atoms with Gasteiger partial charge in [-0.1, -0.05) is 18.5 Å². The largest absolute Gasteiger partial charge is 0.338 e. The van der Waals surface area contributed by atoms with Gasteiger partial charge in [-0.3, -0.25) is 4.79 Å². The van der Waals surface area contributed by atoms with Gasteiger partial charge >= 0.3 is 6.03 Å². The normalized spacial score (nSPS) is 14.9. The Morgan fingerprint density at radius 1 is 1.23 bits per heavy atom. The van der Waals surface area contributed by atoms with E-state index in [9.17, 15) is 14.0 Å². The summed E-state index contributed by atoms with van der Waals surface area (Å²) in [7, 11) is 0. The summed E-state index contributed by atoms with van der Waals surface area (Å²) in [5.74, 6) is -0.980. The average Bonchev–Trinajstić information content (AvgIpc) is 2.54. The fraction of sp³-hybridized carbons (Fsp3) is 0.467. The molecule has 1 heterocycles. The van der Waals surface area contributed by atoms with Gasteiger partial charge < -0.3 is 15.1 Å². The monoisotopic (exact) mass is 327 g/mol. The number of hydrogen-bond acceptors (Lipinski definition) is 2. The molecule has 0 spiro atoms. The van der Waals surface area contributed by atoms with E-state index in [4.69, 9.17) is 11.6 Å². The third-order valence-electron chi connectivity index (χ3n) is 3.54. The van der Waals surface area contributed by atoms with E-state index in [-0.39, 0.29) is 11.6 Å². The Morgan fingerprint density at radius 2 is 1.86 bits per heavy atom. The molecular weight excluding hydrogens is 309 g/mol. The van der Waals surface area contributed by atoms with Crippen molar-refractivity contribution in [2.24, 2.45) is 0 Å². The van der Waals surface area contributed by atoms with Gasteiger partial charge in [-0.25, -0.2) is 9.18 Å². The van der Waals surface area contributed by atoms with E-state index in [2.05, 4.69) is 5.32 Å². The molecule has 5 nitrogen and oxygen atoms in total. The minimum atomic E-state index is -0.586. The lowest BCUT2D eigenvalue weighted by Crippen LogP contribution is -2.53. The first-order valence-electron chi connectivity index (χ1n) is 7.30. The number of hydrogen-bond donors (Lipinski definition) is 1. The number of halogens is 2. The van der Waals surface area contributed by atoms with Crippen LogP contribution in [-0.2, 0) is 0 Å². The topological polar surface area (TPSA) is 52.7 Å². The van der Waals surface area contributed by atoms with Gasteiger partial charge in [-0.2, -0.15) is 0 Å². The van der Waals surface area contributed by atoms with Crippen LogP contribution in [0.3, 0.4) is 0 Å². The molecule has 0 saturated carbocycles. The Labute approximate surface area is 134 Å². The van der Waals surface area contributed by atoms with E-state index in [0.717, 1.165) is 6.42 Å². The van der Waals surface area contributed by atoms with E-state index in [1.807, 2.05) is 6.92 Å². The summed E-state index contributed by atoms with van der Waals surface area (Å²) in [6.45, 7) is 4.24. The number of urea groups is 1. The van der Waals surface area contributed by atoms with Crippen molar-refractivity contribution in [1.82, 2.24) is 15.1 Å². The predicted octanol–water partition coefficient (Wildman–Crippen LogP) is 2.36. The highest BCUT2D eigenvalue weighted by Crippen LogP contribution is 2.17. The van der Waals surface area contributed by atoms with Crippen LogP contribution in [0.5, 0.6) is 0 Å². The smallest absolute Gasteiger partial charge is 0.317 e. The van der Waals surface area contributed by atoms with E-state index in [0.29, 0.717) is 37.7 Å². The molecular formula is C15H19ClFN3O2. The van der Waals surface area contributed by atoms with Gasteiger partial charge in [0, 0.05) is 37.7 Å². The molecule has 1 aliphatic heterocycles. The molecule has 1 aromatic carbocycles. The molecule has 22 heavy (non-hydrogen) atoms. The van der Waals surface area contributed by atoms with Crippen molar-refractivity contribution in [3.05, 3.63) is 34.6 Å². The third-order valence-corrected chi connectivity index (χ3v) is 3.77. The lowest BCUT2D eigenvalue weighted by atomic mass is 10.1. The fourth-order valence-corrected chi connectivity index (χ4v) is 2.46. The van der Waals surface area contributed by atoms with Crippen LogP contribution < -0.4 is 5.32 Å². The molecule has 0 aliphatic carbocycles. The molecule has 0 unspecified atom stereocenters. The maximum atomic E-state index is 13.7. The molecule has 1 N–H and O–H groups in total. The summed E-state index contributed by atoms with van der Waals surface area (Å²) >= 11 is 5.81. The number of benzene rings is 1. The molecule has 1 saturated heterocycles. The summed E-state index contributed by atoms with van der Waals surface area (Å²) in [5.41, 5.74) is -0.0311. The SMILES string of the molecule is CCCNC(=O)N1CCN(C(=O)c2cc(Cl)ccc2F)CC1. The van der Waals surface area contributed by atoms with Crippen molar-refractivity contribution < 1.29 is 14.0 Å². The fourth-order valence-electron chi connectivity index (χ4n) is 2.29. The van der Waals surface area contributed by atoms with E-state index >= 15 is 0 Å². The number of piperazine rings is 1. The Morgan fingerprint density at radius 3 is 2.50 bits per heavy atom. The molecule has 1 aromatic rings.